The second-order valence-corrected chi connectivity index (χ2v) is 6.42. The van der Waals surface area contributed by atoms with E-state index in [1.54, 1.807) is 0 Å². The number of hydrogen-bond acceptors (Lipinski definition) is 0. The average Bonchev–Trinajstić information content (AvgIpc) is 2.62. The largest absolute Gasteiger partial charge is 0.117 e. The standard InChI is InChI=1S/C22H17Cl/c23-22(14-16-8-2-1-3-9-16)21-15-17-10-4-5-11-18(17)19-12-6-7-13-20(19)21/h1-13,15,22H,14H2. The lowest BCUT2D eigenvalue weighted by atomic mass is 9.93. The molecule has 0 heterocycles. The van der Waals surface area contributed by atoms with Crippen molar-refractivity contribution in [2.45, 2.75) is 11.8 Å². The molecule has 0 radical (unpaired) electrons. The third-order valence-corrected chi connectivity index (χ3v) is 4.78. The number of rotatable bonds is 3. The molecule has 0 saturated carbocycles. The second kappa shape index (κ2) is 6.06. The zero-order chi connectivity index (χ0) is 15.6. The van der Waals surface area contributed by atoms with E-state index in [0.717, 1.165) is 6.42 Å². The monoisotopic (exact) mass is 316 g/mol. The van der Waals surface area contributed by atoms with Crippen LogP contribution in [0.3, 0.4) is 0 Å². The van der Waals surface area contributed by atoms with E-state index in [4.69, 9.17) is 11.6 Å². The number of alkyl halides is 1. The van der Waals surface area contributed by atoms with E-state index < -0.39 is 0 Å². The summed E-state index contributed by atoms with van der Waals surface area (Å²) in [6.45, 7) is 0. The molecule has 0 amide bonds. The van der Waals surface area contributed by atoms with Crippen LogP contribution in [0.5, 0.6) is 0 Å². The zero-order valence-electron chi connectivity index (χ0n) is 12.7. The first-order valence-corrected chi connectivity index (χ1v) is 8.35. The minimum Gasteiger partial charge on any atom is -0.117 e. The van der Waals surface area contributed by atoms with E-state index in [1.165, 1.54) is 32.7 Å². The van der Waals surface area contributed by atoms with Crippen LogP contribution in [0.25, 0.3) is 21.5 Å². The van der Waals surface area contributed by atoms with Crippen molar-refractivity contribution in [1.82, 2.24) is 0 Å². The normalized spacial score (nSPS) is 12.6. The molecule has 1 atom stereocenters. The zero-order valence-corrected chi connectivity index (χ0v) is 13.5. The molecule has 23 heavy (non-hydrogen) atoms. The van der Waals surface area contributed by atoms with Crippen molar-refractivity contribution in [3.63, 3.8) is 0 Å². The quantitative estimate of drug-likeness (QED) is 0.298. The van der Waals surface area contributed by atoms with Gasteiger partial charge in [0.25, 0.3) is 0 Å². The van der Waals surface area contributed by atoms with Crippen LogP contribution in [0.4, 0.5) is 0 Å². The van der Waals surface area contributed by atoms with E-state index in [0.29, 0.717) is 0 Å². The van der Waals surface area contributed by atoms with E-state index in [-0.39, 0.29) is 5.38 Å². The first-order chi connectivity index (χ1) is 11.3. The van der Waals surface area contributed by atoms with Gasteiger partial charge in [0.1, 0.15) is 0 Å². The predicted octanol–water partition coefficient (Wildman–Crippen LogP) is 6.52. The van der Waals surface area contributed by atoms with Crippen LogP contribution in [0.2, 0.25) is 0 Å². The van der Waals surface area contributed by atoms with Crippen LogP contribution < -0.4 is 0 Å². The highest BCUT2D eigenvalue weighted by atomic mass is 35.5. The molecular weight excluding hydrogens is 300 g/mol. The summed E-state index contributed by atoms with van der Waals surface area (Å²) >= 11 is 6.82. The Morgan fingerprint density at radius 3 is 2.04 bits per heavy atom. The van der Waals surface area contributed by atoms with Crippen molar-refractivity contribution in [3.8, 4) is 0 Å². The molecule has 112 valence electrons. The maximum Gasteiger partial charge on any atom is 0.0631 e. The van der Waals surface area contributed by atoms with Crippen LogP contribution in [-0.4, -0.2) is 0 Å². The molecule has 0 aliphatic rings. The minimum atomic E-state index is -0.0353. The van der Waals surface area contributed by atoms with Gasteiger partial charge in [-0.1, -0.05) is 78.9 Å². The van der Waals surface area contributed by atoms with Gasteiger partial charge in [-0.15, -0.1) is 11.6 Å². The summed E-state index contributed by atoms with van der Waals surface area (Å²) in [5, 5.41) is 5.03. The summed E-state index contributed by atoms with van der Waals surface area (Å²) in [6.07, 6.45) is 0.838. The Morgan fingerprint density at radius 1 is 0.652 bits per heavy atom. The summed E-state index contributed by atoms with van der Waals surface area (Å²) in [6, 6.07) is 29.8. The topological polar surface area (TPSA) is 0 Å². The number of benzene rings is 4. The van der Waals surface area contributed by atoms with Crippen LogP contribution in [0.15, 0.2) is 84.9 Å². The Kier molecular flexibility index (Phi) is 3.77. The molecular formula is C22H17Cl. The van der Waals surface area contributed by atoms with Gasteiger partial charge in [-0.2, -0.15) is 0 Å². The highest BCUT2D eigenvalue weighted by Gasteiger charge is 2.14. The van der Waals surface area contributed by atoms with Crippen LogP contribution >= 0.6 is 11.6 Å². The lowest BCUT2D eigenvalue weighted by Gasteiger charge is -2.15. The van der Waals surface area contributed by atoms with E-state index in [1.807, 2.05) is 6.07 Å². The fraction of sp³-hybridized carbons (Fsp3) is 0.0909. The van der Waals surface area contributed by atoms with Gasteiger partial charge in [-0.05, 0) is 45.2 Å². The molecule has 4 aromatic rings. The van der Waals surface area contributed by atoms with Crippen LogP contribution in [-0.2, 0) is 6.42 Å². The third kappa shape index (κ3) is 2.71. The van der Waals surface area contributed by atoms with Gasteiger partial charge in [0, 0.05) is 0 Å². The fourth-order valence-electron chi connectivity index (χ4n) is 3.27. The van der Waals surface area contributed by atoms with Gasteiger partial charge in [0.15, 0.2) is 0 Å². The summed E-state index contributed by atoms with van der Waals surface area (Å²) in [4.78, 5) is 0. The molecule has 0 bridgehead atoms. The molecule has 0 aliphatic heterocycles. The van der Waals surface area contributed by atoms with Gasteiger partial charge >= 0.3 is 0 Å². The smallest absolute Gasteiger partial charge is 0.0631 e. The summed E-state index contributed by atoms with van der Waals surface area (Å²) in [5.41, 5.74) is 2.48. The lowest BCUT2D eigenvalue weighted by molar-refractivity contribution is 0.930. The van der Waals surface area contributed by atoms with Crippen molar-refractivity contribution in [2.75, 3.05) is 0 Å². The number of fused-ring (bicyclic) bond motifs is 3. The summed E-state index contributed by atoms with van der Waals surface area (Å²) in [5.74, 6) is 0. The summed E-state index contributed by atoms with van der Waals surface area (Å²) < 4.78 is 0. The van der Waals surface area contributed by atoms with Crippen molar-refractivity contribution < 1.29 is 0 Å². The molecule has 1 heteroatoms. The van der Waals surface area contributed by atoms with Crippen molar-refractivity contribution in [1.29, 1.82) is 0 Å². The Hall–Kier alpha value is -2.31. The first-order valence-electron chi connectivity index (χ1n) is 7.91. The van der Waals surface area contributed by atoms with Gasteiger partial charge in [-0.3, -0.25) is 0 Å². The lowest BCUT2D eigenvalue weighted by Crippen LogP contribution is -1.97. The highest BCUT2D eigenvalue weighted by molar-refractivity contribution is 6.23. The predicted molar refractivity (Wildman–Crippen MR) is 100 cm³/mol. The maximum atomic E-state index is 6.82. The molecule has 0 N–H and O–H groups in total. The Labute approximate surface area is 141 Å². The van der Waals surface area contributed by atoms with E-state index in [9.17, 15) is 0 Å². The molecule has 0 aliphatic carbocycles. The Bertz CT molecular complexity index is 957. The van der Waals surface area contributed by atoms with Crippen LogP contribution in [0.1, 0.15) is 16.5 Å². The van der Waals surface area contributed by atoms with Gasteiger partial charge in [0.2, 0.25) is 0 Å². The van der Waals surface area contributed by atoms with E-state index >= 15 is 0 Å². The third-order valence-electron chi connectivity index (χ3n) is 4.40. The molecule has 4 aromatic carbocycles. The molecule has 0 nitrogen and oxygen atoms in total. The molecule has 0 aromatic heterocycles. The highest BCUT2D eigenvalue weighted by Crippen LogP contribution is 2.35. The average molecular weight is 317 g/mol. The number of halogens is 1. The second-order valence-electron chi connectivity index (χ2n) is 5.89. The molecule has 0 fully saturated rings. The maximum absolute atomic E-state index is 6.82. The Balaban J connectivity index is 1.87. The molecule has 0 spiro atoms. The first kappa shape index (κ1) is 14.3. The van der Waals surface area contributed by atoms with Crippen LogP contribution in [0, 0.1) is 0 Å². The van der Waals surface area contributed by atoms with Crippen molar-refractivity contribution in [3.05, 3.63) is 96.1 Å². The van der Waals surface area contributed by atoms with E-state index in [2.05, 4.69) is 78.9 Å². The van der Waals surface area contributed by atoms with Gasteiger partial charge < -0.3 is 0 Å². The Morgan fingerprint density at radius 2 is 1.26 bits per heavy atom. The summed E-state index contributed by atoms with van der Waals surface area (Å²) in [7, 11) is 0. The fourth-order valence-corrected chi connectivity index (χ4v) is 3.63. The molecule has 1 unspecified atom stereocenters. The molecule has 4 rings (SSSR count). The van der Waals surface area contributed by atoms with Gasteiger partial charge in [0.05, 0.1) is 5.38 Å². The van der Waals surface area contributed by atoms with Crippen molar-refractivity contribution in [2.24, 2.45) is 0 Å². The number of hydrogen-bond donors (Lipinski definition) is 0. The molecule has 0 saturated heterocycles. The SMILES string of the molecule is ClC(Cc1ccccc1)c1cc2ccccc2c2ccccc12. The minimum absolute atomic E-state index is 0.0353. The van der Waals surface area contributed by atoms with Crippen molar-refractivity contribution >= 4 is 33.1 Å². The van der Waals surface area contributed by atoms with Gasteiger partial charge in [-0.25, -0.2) is 0 Å².